The van der Waals surface area contributed by atoms with Crippen molar-refractivity contribution in [2.45, 2.75) is 30.0 Å². The minimum Gasteiger partial charge on any atom is -0.374 e. The number of nitrogens with zero attached hydrogens (tertiary/aromatic N) is 2. The van der Waals surface area contributed by atoms with Gasteiger partial charge < -0.3 is 4.84 Å². The molecule has 0 aromatic heterocycles. The van der Waals surface area contributed by atoms with Crippen LogP contribution in [0.2, 0.25) is 10.0 Å². The van der Waals surface area contributed by atoms with E-state index in [1.54, 1.807) is 31.2 Å². The van der Waals surface area contributed by atoms with Crippen molar-refractivity contribution in [1.29, 1.82) is 0 Å². The molecule has 1 heterocycles. The summed E-state index contributed by atoms with van der Waals surface area (Å²) in [4.78, 5) is 18.2. The normalized spacial score (nSPS) is 18.9. The van der Waals surface area contributed by atoms with E-state index >= 15 is 0 Å². The van der Waals surface area contributed by atoms with Crippen molar-refractivity contribution in [2.75, 3.05) is 6.26 Å². The molecule has 2 atom stereocenters. The molecule has 3 aromatic rings. The lowest BCUT2D eigenvalue weighted by Crippen LogP contribution is -2.42. The van der Waals surface area contributed by atoms with E-state index in [0.717, 1.165) is 16.6 Å². The fourth-order valence-corrected chi connectivity index (χ4v) is 5.79. The molecule has 4 rings (SSSR count). The molecule has 0 saturated carbocycles. The predicted octanol–water partition coefficient (Wildman–Crippen LogP) is 8.08. The molecule has 0 radical (unpaired) electrons. The molecule has 0 N–H and O–H groups in total. The van der Waals surface area contributed by atoms with Gasteiger partial charge in [-0.2, -0.15) is 17.5 Å². The smallest absolute Gasteiger partial charge is 0.374 e. The molecule has 13 heteroatoms. The summed E-state index contributed by atoms with van der Waals surface area (Å²) in [5.41, 5.74) is -2.75. The number of carbonyl (C=O) groups excluding carboxylic acids is 1. The number of hydrogen-bond acceptors (Lipinski definition) is 4. The maximum Gasteiger partial charge on any atom is 0.435 e. The zero-order valence-electron chi connectivity index (χ0n) is 19.6. The molecule has 1 amide bonds. The number of amides is 1. The molecule has 2 unspecified atom stereocenters. The number of hydrogen-bond donors (Lipinski definition) is 0. The highest BCUT2D eigenvalue weighted by atomic mass is 79.9. The Morgan fingerprint density at radius 3 is 2.26 bits per heavy atom. The van der Waals surface area contributed by atoms with E-state index in [1.165, 1.54) is 24.5 Å². The van der Waals surface area contributed by atoms with Gasteiger partial charge in [-0.05, 0) is 66.6 Å². The van der Waals surface area contributed by atoms with E-state index in [2.05, 4.69) is 25.4 Å². The summed E-state index contributed by atoms with van der Waals surface area (Å²) >= 11 is 14.8. The zero-order chi connectivity index (χ0) is 28.0. The van der Waals surface area contributed by atoms with Crippen molar-refractivity contribution in [3.63, 3.8) is 0 Å². The third kappa shape index (κ3) is 5.34. The van der Waals surface area contributed by atoms with Gasteiger partial charge in [0.25, 0.3) is 11.5 Å². The largest absolute Gasteiger partial charge is 0.435 e. The van der Waals surface area contributed by atoms with E-state index in [4.69, 9.17) is 28.0 Å². The summed E-state index contributed by atoms with van der Waals surface area (Å²) in [5.74, 6) is -1.79. The van der Waals surface area contributed by atoms with Crippen LogP contribution >= 0.6 is 39.1 Å². The zero-order valence-corrected chi connectivity index (χ0v) is 23.5. The standard InChI is InChI=1S/C25H17BrCl2F4N2O3S/c1-13-9-14(3-8-18(13)23(35)34-38(2,36)17-6-4-16(26)5-7-17)21-12-24(37-33-21,25(30,31)32)15-10-19(27)22(29)20(28)11-15/h3-11H,12H2,1-2H3. The van der Waals surface area contributed by atoms with Crippen LogP contribution in [0.3, 0.4) is 0 Å². The van der Waals surface area contributed by atoms with Gasteiger partial charge in [0.2, 0.25) is 0 Å². The molecule has 1 aliphatic rings. The first-order valence-corrected chi connectivity index (χ1v) is 14.2. The minimum atomic E-state index is -4.96. The van der Waals surface area contributed by atoms with Gasteiger partial charge in [-0.15, -0.1) is 0 Å². The summed E-state index contributed by atoms with van der Waals surface area (Å²) < 4.78 is 74.4. The van der Waals surface area contributed by atoms with Crippen LogP contribution in [-0.4, -0.2) is 28.3 Å². The maximum absolute atomic E-state index is 14.3. The molecule has 5 nitrogen and oxygen atoms in total. The molecule has 0 fully saturated rings. The molecule has 3 aromatic carbocycles. The lowest BCUT2D eigenvalue weighted by atomic mass is 9.86. The van der Waals surface area contributed by atoms with Crippen LogP contribution in [0.1, 0.15) is 33.5 Å². The lowest BCUT2D eigenvalue weighted by molar-refractivity contribution is -0.275. The molecule has 1 aliphatic heterocycles. The third-order valence-electron chi connectivity index (χ3n) is 5.93. The van der Waals surface area contributed by atoms with Crippen molar-refractivity contribution >= 4 is 60.5 Å². The van der Waals surface area contributed by atoms with Gasteiger partial charge in [0.1, 0.15) is 0 Å². The van der Waals surface area contributed by atoms with Crippen molar-refractivity contribution in [3.8, 4) is 0 Å². The first kappa shape index (κ1) is 28.5. The molecule has 0 saturated heterocycles. The number of rotatable bonds is 4. The van der Waals surface area contributed by atoms with Gasteiger partial charge >= 0.3 is 6.18 Å². The van der Waals surface area contributed by atoms with Crippen molar-refractivity contribution in [2.24, 2.45) is 9.52 Å². The highest BCUT2D eigenvalue weighted by Gasteiger charge is 2.62. The van der Waals surface area contributed by atoms with Gasteiger partial charge in [-0.1, -0.05) is 50.4 Å². The second-order valence-electron chi connectivity index (χ2n) is 8.57. The van der Waals surface area contributed by atoms with Crippen LogP contribution in [-0.2, 0) is 20.2 Å². The van der Waals surface area contributed by atoms with E-state index < -0.39 is 55.3 Å². The van der Waals surface area contributed by atoms with Crippen molar-refractivity contribution in [1.82, 2.24) is 0 Å². The quantitative estimate of drug-likeness (QED) is 0.212. The van der Waals surface area contributed by atoms with Crippen LogP contribution < -0.4 is 0 Å². The number of benzene rings is 3. The first-order valence-electron chi connectivity index (χ1n) is 10.7. The minimum absolute atomic E-state index is 0.0629. The molecule has 0 aliphatic carbocycles. The Kier molecular flexibility index (Phi) is 7.70. The number of carbonyl (C=O) groups is 1. The molecule has 0 spiro atoms. The molecule has 38 heavy (non-hydrogen) atoms. The summed E-state index contributed by atoms with van der Waals surface area (Å²) in [6.07, 6.45) is -4.37. The van der Waals surface area contributed by atoms with E-state index in [9.17, 15) is 26.6 Å². The second kappa shape index (κ2) is 10.3. The Bertz CT molecular complexity index is 1580. The Labute approximate surface area is 234 Å². The summed E-state index contributed by atoms with van der Waals surface area (Å²) in [6, 6.07) is 12.4. The van der Waals surface area contributed by atoms with Crippen molar-refractivity contribution < 1.29 is 31.4 Å². The third-order valence-corrected chi connectivity index (χ3v) is 8.67. The lowest BCUT2D eigenvalue weighted by Gasteiger charge is -2.29. The molecular formula is C25H17BrCl2F4N2O3S. The Morgan fingerprint density at radius 1 is 1.11 bits per heavy atom. The average molecular weight is 652 g/mol. The first-order chi connectivity index (χ1) is 17.6. The average Bonchev–Trinajstić information content (AvgIpc) is 3.29. The van der Waals surface area contributed by atoms with Gasteiger partial charge in [0.05, 0.1) is 25.5 Å². The van der Waals surface area contributed by atoms with Crippen molar-refractivity contribution in [3.05, 3.63) is 97.2 Å². The number of aryl methyl sites for hydroxylation is 1. The van der Waals surface area contributed by atoms with Gasteiger partial charge in [0, 0.05) is 33.2 Å². The topological polar surface area (TPSA) is 68.1 Å². The van der Waals surface area contributed by atoms with Crippen LogP contribution in [0.25, 0.3) is 0 Å². The van der Waals surface area contributed by atoms with Crippen LogP contribution in [0.15, 0.2) is 73.5 Å². The molecular weight excluding hydrogens is 635 g/mol. The highest BCUT2D eigenvalue weighted by molar-refractivity contribution is 9.10. The van der Waals surface area contributed by atoms with Gasteiger partial charge in [-0.25, -0.2) is 8.60 Å². The summed E-state index contributed by atoms with van der Waals surface area (Å²) in [5, 5.41) is 2.48. The second-order valence-corrected chi connectivity index (χ2v) is 12.6. The molecule has 200 valence electrons. The summed E-state index contributed by atoms with van der Waals surface area (Å²) in [6.45, 7) is 1.57. The van der Waals surface area contributed by atoms with Gasteiger partial charge in [0.15, 0.2) is 5.82 Å². The fraction of sp³-hybridized carbons (Fsp3) is 0.200. The Balaban J connectivity index is 1.65. The Morgan fingerprint density at radius 2 is 1.71 bits per heavy atom. The van der Waals surface area contributed by atoms with Crippen LogP contribution in [0, 0.1) is 12.7 Å². The monoisotopic (exact) mass is 650 g/mol. The maximum atomic E-state index is 14.3. The van der Waals surface area contributed by atoms with Crippen LogP contribution in [0.4, 0.5) is 17.6 Å². The number of alkyl halides is 3. The van der Waals surface area contributed by atoms with Crippen LogP contribution in [0.5, 0.6) is 0 Å². The summed E-state index contributed by atoms with van der Waals surface area (Å²) in [7, 11) is -3.05. The number of oxime groups is 1. The fourth-order valence-electron chi connectivity index (χ4n) is 3.88. The predicted molar refractivity (Wildman–Crippen MR) is 141 cm³/mol. The van der Waals surface area contributed by atoms with E-state index in [1.807, 2.05) is 0 Å². The molecule has 0 bridgehead atoms. The van der Waals surface area contributed by atoms with Gasteiger partial charge in [-0.3, -0.25) is 4.79 Å². The van der Waals surface area contributed by atoms with E-state index in [-0.39, 0.29) is 16.8 Å². The SMILES string of the molecule is Cc1cc(C2=NOC(c3cc(Cl)c(F)c(Cl)c3)(C(F)(F)F)C2)ccc1C(=O)N=S(C)(=O)c1ccc(Br)cc1. The van der Waals surface area contributed by atoms with E-state index in [0.29, 0.717) is 10.5 Å². The number of halogens is 7. The Hall–Kier alpha value is -2.47. The highest BCUT2D eigenvalue weighted by Crippen LogP contribution is 2.50.